The Hall–Kier alpha value is -0.0800. The minimum atomic E-state index is -0.0683. The van der Waals surface area contributed by atoms with Crippen LogP contribution in [0.2, 0.25) is 0 Å². The van der Waals surface area contributed by atoms with Gasteiger partial charge in [-0.25, -0.2) is 0 Å². The molecule has 1 N–H and O–H groups in total. The number of aliphatic hydroxyl groups is 1. The average Bonchev–Trinajstić information content (AvgIpc) is 2.80. The Morgan fingerprint density at radius 2 is 1.86 bits per heavy atom. The number of hydrogen-bond donors (Lipinski definition) is 1. The van der Waals surface area contributed by atoms with Gasteiger partial charge in [-0.05, 0) is 44.6 Å². The molecule has 0 radical (unpaired) electrons. The van der Waals surface area contributed by atoms with Crippen molar-refractivity contribution in [3.63, 3.8) is 0 Å². The summed E-state index contributed by atoms with van der Waals surface area (Å²) in [6.45, 7) is 2.09. The molecule has 0 amide bonds. The number of hydrogen-bond acceptors (Lipinski definition) is 2. The molecule has 0 bridgehead atoms. The molecule has 2 saturated carbocycles. The molecule has 0 saturated heterocycles. The molecule has 2 fully saturated rings. The summed E-state index contributed by atoms with van der Waals surface area (Å²) in [6, 6.07) is 0. The molecular weight excluding hydrogens is 174 g/mol. The lowest BCUT2D eigenvalue weighted by Gasteiger charge is -2.24. The molecule has 2 rings (SSSR count). The van der Waals surface area contributed by atoms with Gasteiger partial charge in [0.15, 0.2) is 0 Å². The van der Waals surface area contributed by atoms with Gasteiger partial charge in [0.05, 0.1) is 6.10 Å². The first-order valence-electron chi connectivity index (χ1n) is 6.12. The van der Waals surface area contributed by atoms with E-state index < -0.39 is 0 Å². The summed E-state index contributed by atoms with van der Waals surface area (Å²) in [5.41, 5.74) is 0. The molecule has 2 aliphatic carbocycles. The lowest BCUT2D eigenvalue weighted by Crippen LogP contribution is -2.34. The molecule has 2 heteroatoms. The number of nitrogens with zero attached hydrogens (tertiary/aromatic N) is 1. The van der Waals surface area contributed by atoms with E-state index >= 15 is 0 Å². The first kappa shape index (κ1) is 10.4. The summed E-state index contributed by atoms with van der Waals surface area (Å²) in [5.74, 6) is 1.53. The van der Waals surface area contributed by atoms with Crippen LogP contribution in [0.1, 0.15) is 38.5 Å². The fourth-order valence-corrected chi connectivity index (χ4v) is 2.63. The first-order valence-corrected chi connectivity index (χ1v) is 6.12. The van der Waals surface area contributed by atoms with E-state index in [0.717, 1.165) is 12.5 Å². The second-order valence-electron chi connectivity index (χ2n) is 5.28. The molecule has 0 aromatic carbocycles. The van der Waals surface area contributed by atoms with Crippen molar-refractivity contribution in [2.75, 3.05) is 20.1 Å². The summed E-state index contributed by atoms with van der Waals surface area (Å²) in [4.78, 5) is 2.32. The van der Waals surface area contributed by atoms with Crippen molar-refractivity contribution in [1.82, 2.24) is 4.90 Å². The standard InChI is InChI=1S/C12H23NO/c1-13(8-10-6-7-10)9-12(14)11-4-2-3-5-11/h10-12,14H,2-9H2,1H3. The van der Waals surface area contributed by atoms with Crippen LogP contribution in [0.4, 0.5) is 0 Å². The molecule has 14 heavy (non-hydrogen) atoms. The van der Waals surface area contributed by atoms with Crippen molar-refractivity contribution in [3.8, 4) is 0 Å². The Kier molecular flexibility index (Phi) is 3.45. The van der Waals surface area contributed by atoms with Crippen LogP contribution in [0.25, 0.3) is 0 Å². The summed E-state index contributed by atoms with van der Waals surface area (Å²) in [5, 5.41) is 10.0. The molecule has 0 aromatic rings. The molecule has 1 atom stereocenters. The Labute approximate surface area is 87.3 Å². The molecule has 2 nitrogen and oxygen atoms in total. The topological polar surface area (TPSA) is 23.5 Å². The quantitative estimate of drug-likeness (QED) is 0.727. The van der Waals surface area contributed by atoms with E-state index in [1.165, 1.54) is 45.1 Å². The van der Waals surface area contributed by atoms with Crippen LogP contribution in [-0.4, -0.2) is 36.2 Å². The van der Waals surface area contributed by atoms with E-state index in [2.05, 4.69) is 11.9 Å². The Morgan fingerprint density at radius 1 is 1.21 bits per heavy atom. The maximum atomic E-state index is 10.0. The third kappa shape index (κ3) is 2.96. The number of rotatable bonds is 5. The molecule has 0 aromatic heterocycles. The molecular formula is C12H23NO. The SMILES string of the molecule is CN(CC1CC1)CC(O)C1CCCC1. The smallest absolute Gasteiger partial charge is 0.0695 e. The van der Waals surface area contributed by atoms with Gasteiger partial charge in [0.2, 0.25) is 0 Å². The lowest BCUT2D eigenvalue weighted by atomic mass is 10.0. The molecule has 0 spiro atoms. The fraction of sp³-hybridized carbons (Fsp3) is 1.00. The largest absolute Gasteiger partial charge is 0.392 e. The van der Waals surface area contributed by atoms with E-state index in [1.54, 1.807) is 0 Å². The van der Waals surface area contributed by atoms with Gasteiger partial charge in [0.1, 0.15) is 0 Å². The fourth-order valence-electron chi connectivity index (χ4n) is 2.63. The van der Waals surface area contributed by atoms with E-state index in [4.69, 9.17) is 0 Å². The van der Waals surface area contributed by atoms with E-state index in [1.807, 2.05) is 0 Å². The lowest BCUT2D eigenvalue weighted by molar-refractivity contribution is 0.0733. The van der Waals surface area contributed by atoms with E-state index in [-0.39, 0.29) is 6.10 Å². The monoisotopic (exact) mass is 197 g/mol. The van der Waals surface area contributed by atoms with Gasteiger partial charge < -0.3 is 10.0 Å². The minimum Gasteiger partial charge on any atom is -0.392 e. The highest BCUT2D eigenvalue weighted by atomic mass is 16.3. The van der Waals surface area contributed by atoms with Crippen LogP contribution in [-0.2, 0) is 0 Å². The third-order valence-corrected chi connectivity index (χ3v) is 3.71. The minimum absolute atomic E-state index is 0.0683. The summed E-state index contributed by atoms with van der Waals surface area (Å²) < 4.78 is 0. The van der Waals surface area contributed by atoms with Crippen LogP contribution in [0, 0.1) is 11.8 Å². The maximum absolute atomic E-state index is 10.0. The Bertz CT molecular complexity index is 173. The van der Waals surface area contributed by atoms with Crippen molar-refractivity contribution in [1.29, 1.82) is 0 Å². The van der Waals surface area contributed by atoms with Crippen molar-refractivity contribution in [2.45, 2.75) is 44.6 Å². The van der Waals surface area contributed by atoms with Crippen LogP contribution >= 0.6 is 0 Å². The highest BCUT2D eigenvalue weighted by Gasteiger charge is 2.27. The Morgan fingerprint density at radius 3 is 2.43 bits per heavy atom. The second kappa shape index (κ2) is 4.63. The van der Waals surface area contributed by atoms with Gasteiger partial charge in [-0.1, -0.05) is 12.8 Å². The van der Waals surface area contributed by atoms with Gasteiger partial charge >= 0.3 is 0 Å². The predicted octanol–water partition coefficient (Wildman–Crippen LogP) is 1.88. The molecule has 2 aliphatic rings. The van der Waals surface area contributed by atoms with Gasteiger partial charge in [-0.15, -0.1) is 0 Å². The molecule has 82 valence electrons. The van der Waals surface area contributed by atoms with Gasteiger partial charge in [0, 0.05) is 13.1 Å². The second-order valence-corrected chi connectivity index (χ2v) is 5.28. The highest BCUT2D eigenvalue weighted by molar-refractivity contribution is 4.80. The maximum Gasteiger partial charge on any atom is 0.0695 e. The van der Waals surface area contributed by atoms with Crippen molar-refractivity contribution < 1.29 is 5.11 Å². The highest BCUT2D eigenvalue weighted by Crippen LogP contribution is 2.31. The van der Waals surface area contributed by atoms with Crippen molar-refractivity contribution in [3.05, 3.63) is 0 Å². The van der Waals surface area contributed by atoms with E-state index in [0.29, 0.717) is 5.92 Å². The van der Waals surface area contributed by atoms with Crippen molar-refractivity contribution >= 4 is 0 Å². The molecule has 0 aliphatic heterocycles. The third-order valence-electron chi connectivity index (χ3n) is 3.71. The van der Waals surface area contributed by atoms with Crippen LogP contribution in [0.15, 0.2) is 0 Å². The summed E-state index contributed by atoms with van der Waals surface area (Å²) >= 11 is 0. The van der Waals surface area contributed by atoms with Crippen LogP contribution in [0.5, 0.6) is 0 Å². The number of likely N-dealkylation sites (N-methyl/N-ethyl adjacent to an activating group) is 1. The number of aliphatic hydroxyl groups excluding tert-OH is 1. The normalized spacial score (nSPS) is 25.9. The molecule has 1 unspecified atom stereocenters. The Balaban J connectivity index is 1.66. The summed E-state index contributed by atoms with van der Waals surface area (Å²) in [7, 11) is 2.15. The molecule has 0 heterocycles. The van der Waals surface area contributed by atoms with Gasteiger partial charge in [-0.3, -0.25) is 0 Å². The van der Waals surface area contributed by atoms with Crippen LogP contribution in [0.3, 0.4) is 0 Å². The van der Waals surface area contributed by atoms with Crippen LogP contribution < -0.4 is 0 Å². The average molecular weight is 197 g/mol. The van der Waals surface area contributed by atoms with Gasteiger partial charge in [-0.2, -0.15) is 0 Å². The predicted molar refractivity (Wildman–Crippen MR) is 58.2 cm³/mol. The van der Waals surface area contributed by atoms with E-state index in [9.17, 15) is 5.11 Å². The zero-order valence-corrected chi connectivity index (χ0v) is 9.28. The zero-order chi connectivity index (χ0) is 9.97. The van der Waals surface area contributed by atoms with Crippen molar-refractivity contribution in [2.24, 2.45) is 11.8 Å². The van der Waals surface area contributed by atoms with Gasteiger partial charge in [0.25, 0.3) is 0 Å². The first-order chi connectivity index (χ1) is 6.75. The summed E-state index contributed by atoms with van der Waals surface area (Å²) in [6.07, 6.45) is 7.90. The zero-order valence-electron chi connectivity index (χ0n) is 9.28.